The summed E-state index contributed by atoms with van der Waals surface area (Å²) in [4.78, 5) is 31.6. The molecule has 0 atom stereocenters. The van der Waals surface area contributed by atoms with Gasteiger partial charge in [-0.25, -0.2) is 0 Å². The number of benzene rings is 1. The van der Waals surface area contributed by atoms with Crippen LogP contribution in [-0.4, -0.2) is 28.1 Å². The number of carbonyl (C=O) groups excluding carboxylic acids is 2. The van der Waals surface area contributed by atoms with Crippen LogP contribution < -0.4 is 4.90 Å². The first kappa shape index (κ1) is 16.7. The summed E-state index contributed by atoms with van der Waals surface area (Å²) in [6.07, 6.45) is 5.16. The molecule has 0 N–H and O–H groups in total. The maximum atomic E-state index is 13.2. The van der Waals surface area contributed by atoms with E-state index < -0.39 is 11.7 Å². The Labute approximate surface area is 156 Å². The number of rotatable bonds is 4. The molecule has 3 heterocycles. The Balaban J connectivity index is 1.83. The average Bonchev–Trinajstić information content (AvgIpc) is 3.13. The fourth-order valence-electron chi connectivity index (χ4n) is 3.12. The molecule has 0 spiro atoms. The van der Waals surface area contributed by atoms with Crippen molar-refractivity contribution in [2.24, 2.45) is 0 Å². The van der Waals surface area contributed by atoms with Crippen molar-refractivity contribution in [3.8, 4) is 11.1 Å². The van der Waals surface area contributed by atoms with E-state index in [1.165, 1.54) is 4.90 Å². The molecule has 1 aromatic carbocycles. The van der Waals surface area contributed by atoms with E-state index in [0.717, 1.165) is 11.1 Å². The minimum atomic E-state index is -0.588. The third kappa shape index (κ3) is 3.00. The fourth-order valence-corrected chi connectivity index (χ4v) is 3.12. The molecule has 0 aliphatic rings. The molecule has 0 aliphatic heterocycles. The zero-order valence-electron chi connectivity index (χ0n) is 14.7. The molecule has 0 saturated carbocycles. The van der Waals surface area contributed by atoms with Crippen LogP contribution in [0.1, 0.15) is 10.5 Å². The largest absolute Gasteiger partial charge is 0.313 e. The van der Waals surface area contributed by atoms with Gasteiger partial charge in [0.1, 0.15) is 5.69 Å². The van der Waals surface area contributed by atoms with Crippen LogP contribution in [0.15, 0.2) is 85.3 Å². The van der Waals surface area contributed by atoms with E-state index in [1.54, 1.807) is 42.2 Å². The topological polar surface area (TPSA) is 54.7 Å². The number of anilines is 1. The smallest absolute Gasteiger partial charge is 0.300 e. The number of amides is 1. The highest BCUT2D eigenvalue weighted by Gasteiger charge is 2.27. The lowest BCUT2D eigenvalue weighted by atomic mass is 10.1. The summed E-state index contributed by atoms with van der Waals surface area (Å²) in [7, 11) is 1.61. The van der Waals surface area contributed by atoms with Gasteiger partial charge in [-0.15, -0.1) is 0 Å². The Morgan fingerprint density at radius 2 is 1.74 bits per heavy atom. The highest BCUT2D eigenvalue weighted by molar-refractivity contribution is 6.47. The van der Waals surface area contributed by atoms with Gasteiger partial charge in [-0.05, 0) is 36.4 Å². The number of ketones is 1. The van der Waals surface area contributed by atoms with Crippen LogP contribution in [0.3, 0.4) is 0 Å². The monoisotopic (exact) mass is 355 g/mol. The quantitative estimate of drug-likeness (QED) is 0.413. The van der Waals surface area contributed by atoms with Gasteiger partial charge in [0.05, 0.1) is 0 Å². The standard InChI is InChI=1S/C22H17N3O2/c1-24(17-9-3-2-4-10-17)22(27)21(26)20-19(16-8-7-12-23-15-16)14-18-11-5-6-13-25(18)20/h2-15H,1H3. The molecule has 0 radical (unpaired) electrons. The number of fused-ring (bicyclic) bond motifs is 1. The molecule has 27 heavy (non-hydrogen) atoms. The Bertz CT molecular complexity index is 1120. The molecule has 5 nitrogen and oxygen atoms in total. The van der Waals surface area contributed by atoms with Gasteiger partial charge < -0.3 is 9.30 Å². The Morgan fingerprint density at radius 3 is 2.48 bits per heavy atom. The first-order valence-electron chi connectivity index (χ1n) is 8.55. The first-order valence-corrected chi connectivity index (χ1v) is 8.55. The first-order chi connectivity index (χ1) is 13.2. The van der Waals surface area contributed by atoms with Crippen molar-refractivity contribution < 1.29 is 9.59 Å². The van der Waals surface area contributed by atoms with Crippen LogP contribution in [0.2, 0.25) is 0 Å². The van der Waals surface area contributed by atoms with Crippen molar-refractivity contribution in [1.82, 2.24) is 9.38 Å². The molecule has 3 aromatic heterocycles. The van der Waals surface area contributed by atoms with Gasteiger partial charge in [-0.2, -0.15) is 0 Å². The van der Waals surface area contributed by atoms with Crippen molar-refractivity contribution in [2.75, 3.05) is 11.9 Å². The summed E-state index contributed by atoms with van der Waals surface area (Å²) < 4.78 is 1.75. The maximum Gasteiger partial charge on any atom is 0.300 e. The molecule has 4 rings (SSSR count). The second-order valence-corrected chi connectivity index (χ2v) is 6.17. The van der Waals surface area contributed by atoms with Crippen molar-refractivity contribution in [3.05, 3.63) is 91.0 Å². The second kappa shape index (κ2) is 6.88. The fraction of sp³-hybridized carbons (Fsp3) is 0.0455. The third-order valence-corrected chi connectivity index (χ3v) is 4.51. The van der Waals surface area contributed by atoms with Crippen LogP contribution in [0.25, 0.3) is 16.6 Å². The van der Waals surface area contributed by atoms with E-state index in [4.69, 9.17) is 0 Å². The molecule has 5 heteroatoms. The van der Waals surface area contributed by atoms with Crippen molar-refractivity contribution in [2.45, 2.75) is 0 Å². The summed E-state index contributed by atoms with van der Waals surface area (Å²) in [6, 6.07) is 20.3. The number of likely N-dealkylation sites (N-methyl/N-ethyl adjacent to an activating group) is 1. The van der Waals surface area contributed by atoms with E-state index in [9.17, 15) is 9.59 Å². The van der Waals surface area contributed by atoms with Gasteiger partial charge >= 0.3 is 5.91 Å². The number of para-hydroxylation sites is 1. The normalized spacial score (nSPS) is 10.7. The highest BCUT2D eigenvalue weighted by Crippen LogP contribution is 2.28. The minimum absolute atomic E-state index is 0.339. The van der Waals surface area contributed by atoms with E-state index in [1.807, 2.05) is 54.6 Å². The summed E-state index contributed by atoms with van der Waals surface area (Å²) in [5.74, 6) is -1.15. The lowest BCUT2D eigenvalue weighted by Gasteiger charge is -2.16. The average molecular weight is 355 g/mol. The molecule has 0 fully saturated rings. The molecule has 0 unspecified atom stereocenters. The van der Waals surface area contributed by atoms with Crippen LogP contribution in [0.5, 0.6) is 0 Å². The van der Waals surface area contributed by atoms with Crippen molar-refractivity contribution in [1.29, 1.82) is 0 Å². The van der Waals surface area contributed by atoms with Gasteiger partial charge in [-0.1, -0.05) is 30.3 Å². The summed E-state index contributed by atoms with van der Waals surface area (Å²) >= 11 is 0. The molecule has 0 aliphatic carbocycles. The van der Waals surface area contributed by atoms with Crippen LogP contribution >= 0.6 is 0 Å². The highest BCUT2D eigenvalue weighted by atomic mass is 16.2. The Morgan fingerprint density at radius 1 is 0.963 bits per heavy atom. The SMILES string of the molecule is CN(C(=O)C(=O)c1c(-c2cccnc2)cc2ccccn12)c1ccccc1. The zero-order chi connectivity index (χ0) is 18.8. The molecule has 0 saturated heterocycles. The number of hydrogen-bond donors (Lipinski definition) is 0. The number of aromatic nitrogens is 2. The number of nitrogens with zero attached hydrogens (tertiary/aromatic N) is 3. The van der Waals surface area contributed by atoms with E-state index in [2.05, 4.69) is 4.98 Å². The van der Waals surface area contributed by atoms with Gasteiger partial charge in [0.2, 0.25) is 0 Å². The third-order valence-electron chi connectivity index (χ3n) is 4.51. The summed E-state index contributed by atoms with van der Waals surface area (Å²) in [5.41, 5.74) is 3.33. The molecule has 4 aromatic rings. The predicted molar refractivity (Wildman–Crippen MR) is 105 cm³/mol. The van der Waals surface area contributed by atoms with Gasteiger partial charge in [0.25, 0.3) is 5.78 Å². The summed E-state index contributed by atoms with van der Waals surface area (Å²) in [6.45, 7) is 0. The van der Waals surface area contributed by atoms with Crippen LogP contribution in [0.4, 0.5) is 5.69 Å². The van der Waals surface area contributed by atoms with Crippen LogP contribution in [-0.2, 0) is 4.79 Å². The number of hydrogen-bond acceptors (Lipinski definition) is 3. The Hall–Kier alpha value is -3.73. The molecule has 1 amide bonds. The lowest BCUT2D eigenvalue weighted by molar-refractivity contribution is -0.114. The van der Waals surface area contributed by atoms with Gasteiger partial charge in [0.15, 0.2) is 0 Å². The lowest BCUT2D eigenvalue weighted by Crippen LogP contribution is -2.34. The minimum Gasteiger partial charge on any atom is -0.313 e. The van der Waals surface area contributed by atoms with Crippen LogP contribution in [0, 0.1) is 0 Å². The predicted octanol–water partition coefficient (Wildman–Crippen LogP) is 3.85. The second-order valence-electron chi connectivity index (χ2n) is 6.17. The number of Topliss-reactive ketones (excluding diaryl/α,β-unsaturated/α-hetero) is 1. The summed E-state index contributed by atoms with van der Waals surface area (Å²) in [5, 5.41) is 0. The van der Waals surface area contributed by atoms with Gasteiger partial charge in [0, 0.05) is 48.0 Å². The number of pyridine rings is 2. The van der Waals surface area contributed by atoms with E-state index >= 15 is 0 Å². The molecular weight excluding hydrogens is 338 g/mol. The Kier molecular flexibility index (Phi) is 4.26. The van der Waals surface area contributed by atoms with Crippen molar-refractivity contribution >= 4 is 22.9 Å². The van der Waals surface area contributed by atoms with Crippen molar-refractivity contribution in [3.63, 3.8) is 0 Å². The maximum absolute atomic E-state index is 13.2. The zero-order valence-corrected chi connectivity index (χ0v) is 14.7. The molecular formula is C22H17N3O2. The van der Waals surface area contributed by atoms with Gasteiger partial charge in [-0.3, -0.25) is 14.6 Å². The molecule has 0 bridgehead atoms. The van der Waals surface area contributed by atoms with E-state index in [0.29, 0.717) is 16.9 Å². The van der Waals surface area contributed by atoms with E-state index in [-0.39, 0.29) is 0 Å². The molecule has 132 valence electrons. The number of carbonyl (C=O) groups is 2.